The third-order valence-corrected chi connectivity index (χ3v) is 5.63. The normalized spacial score (nSPS) is 11.3. The fourth-order valence-electron chi connectivity index (χ4n) is 2.50. The van der Waals surface area contributed by atoms with Crippen LogP contribution in [0.3, 0.4) is 0 Å². The highest BCUT2D eigenvalue weighted by molar-refractivity contribution is 7.92. The highest BCUT2D eigenvalue weighted by Crippen LogP contribution is 2.32. The Kier molecular flexibility index (Phi) is 5.78. The number of carbonyl (C=O) groups excluding carboxylic acids is 1. The second-order valence-corrected chi connectivity index (χ2v) is 8.35. The van der Waals surface area contributed by atoms with Gasteiger partial charge in [-0.05, 0) is 32.0 Å². The molecule has 0 aliphatic heterocycles. The van der Waals surface area contributed by atoms with Crippen LogP contribution in [0.15, 0.2) is 35.5 Å². The fourth-order valence-corrected chi connectivity index (χ4v) is 4.31. The molecule has 0 radical (unpaired) electrons. The van der Waals surface area contributed by atoms with E-state index in [0.717, 1.165) is 11.8 Å². The van der Waals surface area contributed by atoms with Crippen LogP contribution < -0.4 is 4.72 Å². The van der Waals surface area contributed by atoms with Crippen LogP contribution in [0, 0.1) is 13.8 Å². The molecule has 152 valence electrons. The Balaban J connectivity index is 2.14. The zero-order valence-electron chi connectivity index (χ0n) is 15.5. The van der Waals surface area contributed by atoms with Crippen LogP contribution >= 0.6 is 23.2 Å². The number of anilines is 1. The van der Waals surface area contributed by atoms with Crippen molar-refractivity contribution in [2.45, 2.75) is 18.9 Å². The minimum absolute atomic E-state index is 0.0381. The van der Waals surface area contributed by atoms with Crippen molar-refractivity contribution in [2.75, 3.05) is 11.8 Å². The van der Waals surface area contributed by atoms with E-state index in [9.17, 15) is 13.2 Å². The van der Waals surface area contributed by atoms with E-state index in [0.29, 0.717) is 11.4 Å². The van der Waals surface area contributed by atoms with Gasteiger partial charge in [0.15, 0.2) is 0 Å². The molecule has 1 N–H and O–H groups in total. The number of sulfonamides is 1. The van der Waals surface area contributed by atoms with Crippen molar-refractivity contribution in [3.63, 3.8) is 0 Å². The molecule has 2 aromatic heterocycles. The first-order chi connectivity index (χ1) is 13.6. The lowest BCUT2D eigenvalue weighted by Gasteiger charge is -2.10. The van der Waals surface area contributed by atoms with Crippen molar-refractivity contribution in [3.05, 3.63) is 57.5 Å². The molecule has 1 aromatic carbocycles. The molecule has 9 nitrogen and oxygen atoms in total. The topological polar surface area (TPSA) is 116 Å². The van der Waals surface area contributed by atoms with E-state index < -0.39 is 21.0 Å². The molecule has 0 saturated heterocycles. The molecule has 0 atom stereocenters. The van der Waals surface area contributed by atoms with E-state index in [4.69, 9.17) is 23.2 Å². The van der Waals surface area contributed by atoms with Gasteiger partial charge >= 0.3 is 5.97 Å². The number of halogens is 2. The molecular formula is C17H15Cl2N5O4S. The first-order valence-corrected chi connectivity index (χ1v) is 10.3. The molecule has 0 aliphatic carbocycles. The Labute approximate surface area is 176 Å². The van der Waals surface area contributed by atoms with Crippen molar-refractivity contribution in [1.29, 1.82) is 0 Å². The predicted octanol–water partition coefficient (Wildman–Crippen LogP) is 3.17. The Morgan fingerprint density at radius 3 is 2.28 bits per heavy atom. The molecule has 3 rings (SSSR count). The zero-order valence-corrected chi connectivity index (χ0v) is 17.8. The van der Waals surface area contributed by atoms with Gasteiger partial charge in [-0.3, -0.25) is 4.72 Å². The highest BCUT2D eigenvalue weighted by atomic mass is 35.5. The van der Waals surface area contributed by atoms with Crippen molar-refractivity contribution in [2.24, 2.45) is 0 Å². The molecule has 0 amide bonds. The van der Waals surface area contributed by atoms with Gasteiger partial charge in [0.2, 0.25) is 5.03 Å². The maximum absolute atomic E-state index is 13.0. The summed E-state index contributed by atoms with van der Waals surface area (Å²) in [5.41, 5.74) is 0.954. The molecule has 0 aliphatic rings. The molecule has 3 aromatic rings. The van der Waals surface area contributed by atoms with Gasteiger partial charge in [-0.25, -0.2) is 19.4 Å². The van der Waals surface area contributed by atoms with Gasteiger partial charge in [0, 0.05) is 11.4 Å². The van der Waals surface area contributed by atoms with Crippen LogP contribution in [0.25, 0.3) is 5.95 Å². The number of nitrogens with one attached hydrogen (secondary N) is 1. The van der Waals surface area contributed by atoms with Crippen LogP contribution in [0.2, 0.25) is 10.0 Å². The lowest BCUT2D eigenvalue weighted by Crippen LogP contribution is -2.18. The molecule has 0 fully saturated rings. The van der Waals surface area contributed by atoms with Gasteiger partial charge in [-0.15, -0.1) is 0 Å². The van der Waals surface area contributed by atoms with Gasteiger partial charge < -0.3 is 4.74 Å². The SMILES string of the molecule is COC(=O)c1cn(-c2nc(C)cc(C)n2)nc1S(=O)(=O)Nc1c(Cl)cccc1Cl. The highest BCUT2D eigenvalue weighted by Gasteiger charge is 2.30. The van der Waals surface area contributed by atoms with Crippen LogP contribution in [-0.4, -0.2) is 41.2 Å². The number of benzene rings is 1. The number of para-hydroxylation sites is 1. The number of nitrogens with zero attached hydrogens (tertiary/aromatic N) is 4. The maximum Gasteiger partial charge on any atom is 0.342 e. The Morgan fingerprint density at radius 2 is 1.72 bits per heavy atom. The number of aromatic nitrogens is 4. The number of aryl methyl sites for hydroxylation is 2. The quantitative estimate of drug-likeness (QED) is 0.587. The number of hydrogen-bond donors (Lipinski definition) is 1. The average Bonchev–Trinajstić information content (AvgIpc) is 3.10. The van der Waals surface area contributed by atoms with Crippen molar-refractivity contribution >= 4 is 44.9 Å². The van der Waals surface area contributed by atoms with Gasteiger partial charge in [-0.1, -0.05) is 29.3 Å². The molecule has 29 heavy (non-hydrogen) atoms. The first kappa shape index (κ1) is 21.0. The van der Waals surface area contributed by atoms with E-state index in [-0.39, 0.29) is 27.2 Å². The minimum atomic E-state index is -4.36. The van der Waals surface area contributed by atoms with Crippen molar-refractivity contribution < 1.29 is 17.9 Å². The first-order valence-electron chi connectivity index (χ1n) is 8.10. The standard InChI is InChI=1S/C17H15Cl2N5O4S/c1-9-7-10(2)21-17(20-9)24-8-11(16(25)28-3)15(22-24)29(26,27)23-14-12(18)5-4-6-13(14)19/h4-8,23H,1-3H3. The number of ether oxygens (including phenoxy) is 1. The molecular weight excluding hydrogens is 441 g/mol. The third-order valence-electron chi connectivity index (χ3n) is 3.71. The molecule has 0 spiro atoms. The van der Waals surface area contributed by atoms with Crippen LogP contribution in [0.5, 0.6) is 0 Å². The Bertz CT molecular complexity index is 1170. The second kappa shape index (κ2) is 7.97. The smallest absolute Gasteiger partial charge is 0.342 e. The number of rotatable bonds is 5. The van der Waals surface area contributed by atoms with E-state index in [1.807, 2.05) is 0 Å². The van der Waals surface area contributed by atoms with Crippen LogP contribution in [0.1, 0.15) is 21.7 Å². The maximum atomic E-state index is 13.0. The van der Waals surface area contributed by atoms with Gasteiger partial charge in [0.25, 0.3) is 16.0 Å². The molecule has 12 heteroatoms. The molecule has 0 unspecified atom stereocenters. The van der Waals surface area contributed by atoms with Crippen molar-refractivity contribution in [1.82, 2.24) is 19.7 Å². The van der Waals surface area contributed by atoms with Crippen molar-refractivity contribution in [3.8, 4) is 5.95 Å². The lowest BCUT2D eigenvalue weighted by molar-refractivity contribution is 0.0596. The zero-order chi connectivity index (χ0) is 21.3. The Morgan fingerprint density at radius 1 is 1.14 bits per heavy atom. The van der Waals surface area contributed by atoms with E-state index in [1.54, 1.807) is 26.0 Å². The number of methoxy groups -OCH3 is 1. The van der Waals surface area contributed by atoms with E-state index in [1.165, 1.54) is 18.3 Å². The predicted molar refractivity (Wildman–Crippen MR) is 107 cm³/mol. The molecule has 0 bridgehead atoms. The largest absolute Gasteiger partial charge is 0.465 e. The summed E-state index contributed by atoms with van der Waals surface area (Å²) in [5, 5.41) is 3.60. The van der Waals surface area contributed by atoms with Gasteiger partial charge in [0.05, 0.1) is 29.0 Å². The average molecular weight is 456 g/mol. The Hall–Kier alpha value is -2.69. The van der Waals surface area contributed by atoms with Gasteiger partial charge in [-0.2, -0.15) is 13.5 Å². The number of esters is 1. The second-order valence-electron chi connectivity index (χ2n) is 5.94. The summed E-state index contributed by atoms with van der Waals surface area (Å²) in [5.74, 6) is -0.795. The minimum Gasteiger partial charge on any atom is -0.465 e. The summed E-state index contributed by atoms with van der Waals surface area (Å²) >= 11 is 12.1. The summed E-state index contributed by atoms with van der Waals surface area (Å²) in [6.07, 6.45) is 1.18. The van der Waals surface area contributed by atoms with E-state index in [2.05, 4.69) is 24.5 Å². The number of hydrogen-bond acceptors (Lipinski definition) is 7. The third kappa shape index (κ3) is 4.34. The fraction of sp³-hybridized carbons (Fsp3) is 0.176. The summed E-state index contributed by atoms with van der Waals surface area (Å²) in [6.45, 7) is 3.50. The van der Waals surface area contributed by atoms with Crippen LogP contribution in [0.4, 0.5) is 5.69 Å². The summed E-state index contributed by atoms with van der Waals surface area (Å²) in [6, 6.07) is 6.24. The van der Waals surface area contributed by atoms with E-state index >= 15 is 0 Å². The molecule has 2 heterocycles. The summed E-state index contributed by atoms with van der Waals surface area (Å²) in [7, 11) is -3.23. The van der Waals surface area contributed by atoms with Gasteiger partial charge in [0.1, 0.15) is 5.56 Å². The lowest BCUT2D eigenvalue weighted by atomic mass is 10.3. The number of carbonyl (C=O) groups is 1. The van der Waals surface area contributed by atoms with Crippen LogP contribution in [-0.2, 0) is 14.8 Å². The molecule has 0 saturated carbocycles. The summed E-state index contributed by atoms with van der Waals surface area (Å²) in [4.78, 5) is 20.6. The summed E-state index contributed by atoms with van der Waals surface area (Å²) < 4.78 is 34.0. The monoisotopic (exact) mass is 455 g/mol.